The van der Waals surface area contributed by atoms with Gasteiger partial charge in [-0.25, -0.2) is 0 Å². The molecular weight excluding hydrogens is 406 g/mol. The molecule has 0 spiro atoms. The van der Waals surface area contributed by atoms with Crippen LogP contribution in [-0.2, 0) is 6.42 Å². The lowest BCUT2D eigenvalue weighted by molar-refractivity contribution is 0.0649. The summed E-state index contributed by atoms with van der Waals surface area (Å²) in [6.45, 7) is 7.78. The second-order valence-corrected chi connectivity index (χ2v) is 7.38. The Morgan fingerprint density at radius 2 is 1.52 bits per heavy atom. The molecule has 1 atom stereocenters. The van der Waals surface area contributed by atoms with Crippen LogP contribution in [0.4, 0.5) is 0 Å². The molecule has 164 valence electrons. The molecule has 1 unspecified atom stereocenters. The fourth-order valence-corrected chi connectivity index (χ4v) is 3.76. The van der Waals surface area contributed by atoms with Gasteiger partial charge in [0.2, 0.25) is 0 Å². The lowest BCUT2D eigenvalue weighted by Gasteiger charge is -2.34. The molecule has 1 amide bonds. The Morgan fingerprint density at radius 3 is 2.10 bits per heavy atom. The lowest BCUT2D eigenvalue weighted by atomic mass is 9.96. The lowest BCUT2D eigenvalue weighted by Crippen LogP contribution is -2.41. The molecule has 1 aromatic heterocycles. The van der Waals surface area contributed by atoms with Gasteiger partial charge < -0.3 is 9.80 Å². The number of hydrogen-bond donors (Lipinski definition) is 0. The van der Waals surface area contributed by atoms with Crippen LogP contribution in [0.5, 0.6) is 0 Å². The number of benzene rings is 2. The van der Waals surface area contributed by atoms with Gasteiger partial charge in [-0.15, -0.1) is 12.4 Å². The maximum Gasteiger partial charge on any atom is 0.255 e. The van der Waals surface area contributed by atoms with Crippen LogP contribution in [0.25, 0.3) is 0 Å². The second kappa shape index (κ2) is 12.9. The summed E-state index contributed by atoms with van der Waals surface area (Å²) in [4.78, 5) is 22.2. The first-order chi connectivity index (χ1) is 14.7. The maximum absolute atomic E-state index is 13.6. The predicted molar refractivity (Wildman–Crippen MR) is 130 cm³/mol. The third kappa shape index (κ3) is 6.91. The number of pyridine rings is 1. The number of amides is 1. The first kappa shape index (κ1) is 24.6. The summed E-state index contributed by atoms with van der Waals surface area (Å²) >= 11 is 0. The molecular formula is C26H32ClN3O. The standard InChI is InChI=1S/C26H31N3O.ClH/c1-3-28(4-2)18-19-29(26(30)24-16-11-17-27-21-24)25(23-14-9-6-10-15-23)20-22-12-7-5-8-13-22;/h5-17,21,25H,3-4,18-20H2,1-2H3;1H. The van der Waals surface area contributed by atoms with Crippen LogP contribution >= 0.6 is 12.4 Å². The van der Waals surface area contributed by atoms with E-state index in [-0.39, 0.29) is 24.4 Å². The Labute approximate surface area is 192 Å². The van der Waals surface area contributed by atoms with Gasteiger partial charge in [-0.2, -0.15) is 0 Å². The van der Waals surface area contributed by atoms with E-state index in [4.69, 9.17) is 0 Å². The van der Waals surface area contributed by atoms with Crippen molar-refractivity contribution in [1.82, 2.24) is 14.8 Å². The van der Waals surface area contributed by atoms with E-state index in [1.165, 1.54) is 5.56 Å². The minimum atomic E-state index is -0.0446. The van der Waals surface area contributed by atoms with Crippen molar-refractivity contribution in [3.8, 4) is 0 Å². The maximum atomic E-state index is 13.6. The number of rotatable bonds is 10. The fraction of sp³-hybridized carbons (Fsp3) is 0.308. The van der Waals surface area contributed by atoms with Gasteiger partial charge in [0.05, 0.1) is 11.6 Å². The number of hydrogen-bond acceptors (Lipinski definition) is 3. The van der Waals surface area contributed by atoms with E-state index in [1.807, 2.05) is 41.3 Å². The highest BCUT2D eigenvalue weighted by Crippen LogP contribution is 2.27. The molecule has 0 N–H and O–H groups in total. The normalized spacial score (nSPS) is 11.6. The Bertz CT molecular complexity index is 886. The van der Waals surface area contributed by atoms with Crippen molar-refractivity contribution in [2.24, 2.45) is 0 Å². The van der Waals surface area contributed by atoms with Crippen LogP contribution in [0.15, 0.2) is 85.2 Å². The molecule has 0 fully saturated rings. The summed E-state index contributed by atoms with van der Waals surface area (Å²) in [5.74, 6) is 0.0278. The quantitative estimate of drug-likeness (QED) is 0.433. The van der Waals surface area contributed by atoms with Crippen LogP contribution in [0.1, 0.15) is 41.4 Å². The highest BCUT2D eigenvalue weighted by Gasteiger charge is 2.27. The summed E-state index contributed by atoms with van der Waals surface area (Å²) in [6, 6.07) is 24.4. The molecule has 0 radical (unpaired) electrons. The monoisotopic (exact) mass is 437 g/mol. The van der Waals surface area contributed by atoms with Crippen molar-refractivity contribution in [2.45, 2.75) is 26.3 Å². The Hall–Kier alpha value is -2.69. The minimum absolute atomic E-state index is 0. The number of carbonyl (C=O) groups is 1. The number of carbonyl (C=O) groups excluding carboxylic acids is 1. The van der Waals surface area contributed by atoms with E-state index in [0.717, 1.165) is 31.6 Å². The summed E-state index contributed by atoms with van der Waals surface area (Å²) < 4.78 is 0. The molecule has 5 heteroatoms. The van der Waals surface area contributed by atoms with E-state index < -0.39 is 0 Å². The van der Waals surface area contributed by atoms with Crippen molar-refractivity contribution in [3.05, 3.63) is 102 Å². The van der Waals surface area contributed by atoms with Gasteiger partial charge in [-0.1, -0.05) is 74.5 Å². The summed E-state index contributed by atoms with van der Waals surface area (Å²) in [6.07, 6.45) is 4.14. The van der Waals surface area contributed by atoms with Gasteiger partial charge in [-0.05, 0) is 42.8 Å². The molecule has 31 heavy (non-hydrogen) atoms. The van der Waals surface area contributed by atoms with Gasteiger partial charge in [0.15, 0.2) is 0 Å². The number of halogens is 1. The Kier molecular flexibility index (Phi) is 10.2. The first-order valence-electron chi connectivity index (χ1n) is 10.7. The zero-order valence-corrected chi connectivity index (χ0v) is 19.2. The molecule has 0 bridgehead atoms. The Morgan fingerprint density at radius 1 is 0.871 bits per heavy atom. The van der Waals surface area contributed by atoms with Crippen LogP contribution < -0.4 is 0 Å². The van der Waals surface area contributed by atoms with Crippen LogP contribution in [0, 0.1) is 0 Å². The van der Waals surface area contributed by atoms with E-state index >= 15 is 0 Å². The SMILES string of the molecule is CCN(CC)CCN(C(=O)c1cccnc1)C(Cc1ccccc1)c1ccccc1.Cl. The van der Waals surface area contributed by atoms with Gasteiger partial charge in [0, 0.05) is 25.5 Å². The first-order valence-corrected chi connectivity index (χ1v) is 10.7. The fourth-order valence-electron chi connectivity index (χ4n) is 3.76. The smallest absolute Gasteiger partial charge is 0.255 e. The number of likely N-dealkylation sites (N-methyl/N-ethyl adjacent to an activating group) is 1. The van der Waals surface area contributed by atoms with Gasteiger partial charge in [-0.3, -0.25) is 9.78 Å². The summed E-state index contributed by atoms with van der Waals surface area (Å²) in [7, 11) is 0. The highest BCUT2D eigenvalue weighted by molar-refractivity contribution is 5.94. The molecule has 0 saturated carbocycles. The molecule has 3 rings (SSSR count). The van der Waals surface area contributed by atoms with Crippen LogP contribution in [0.3, 0.4) is 0 Å². The van der Waals surface area contributed by atoms with Crippen LogP contribution in [0.2, 0.25) is 0 Å². The zero-order valence-electron chi connectivity index (χ0n) is 18.4. The van der Waals surface area contributed by atoms with Crippen molar-refractivity contribution in [3.63, 3.8) is 0 Å². The third-order valence-corrected chi connectivity index (χ3v) is 5.55. The molecule has 0 aliphatic rings. The number of nitrogens with zero attached hydrogens (tertiary/aromatic N) is 3. The minimum Gasteiger partial charge on any atom is -0.330 e. The summed E-state index contributed by atoms with van der Waals surface area (Å²) in [5.41, 5.74) is 3.00. The molecule has 2 aromatic carbocycles. The third-order valence-electron chi connectivity index (χ3n) is 5.55. The average molecular weight is 438 g/mol. The highest BCUT2D eigenvalue weighted by atomic mass is 35.5. The molecule has 0 aliphatic heterocycles. The zero-order chi connectivity index (χ0) is 21.2. The van der Waals surface area contributed by atoms with E-state index in [0.29, 0.717) is 12.1 Å². The van der Waals surface area contributed by atoms with Gasteiger partial charge in [0.25, 0.3) is 5.91 Å². The van der Waals surface area contributed by atoms with E-state index in [9.17, 15) is 4.79 Å². The topological polar surface area (TPSA) is 36.4 Å². The molecule has 4 nitrogen and oxygen atoms in total. The molecule has 1 heterocycles. The van der Waals surface area contributed by atoms with E-state index in [1.54, 1.807) is 12.4 Å². The van der Waals surface area contributed by atoms with Crippen molar-refractivity contribution >= 4 is 18.3 Å². The largest absolute Gasteiger partial charge is 0.330 e. The second-order valence-electron chi connectivity index (χ2n) is 7.38. The van der Waals surface area contributed by atoms with Crippen molar-refractivity contribution in [2.75, 3.05) is 26.2 Å². The average Bonchev–Trinajstić information content (AvgIpc) is 2.82. The summed E-state index contributed by atoms with van der Waals surface area (Å²) in [5, 5.41) is 0. The molecule has 3 aromatic rings. The molecule has 0 saturated heterocycles. The predicted octanol–water partition coefficient (Wildman–Crippen LogP) is 5.27. The van der Waals surface area contributed by atoms with Crippen LogP contribution in [-0.4, -0.2) is 46.9 Å². The number of aromatic nitrogens is 1. The van der Waals surface area contributed by atoms with Gasteiger partial charge >= 0.3 is 0 Å². The van der Waals surface area contributed by atoms with Crippen molar-refractivity contribution in [1.29, 1.82) is 0 Å². The van der Waals surface area contributed by atoms with E-state index in [2.05, 4.69) is 60.1 Å². The van der Waals surface area contributed by atoms with Gasteiger partial charge in [0.1, 0.15) is 0 Å². The van der Waals surface area contributed by atoms with Crippen molar-refractivity contribution < 1.29 is 4.79 Å². The molecule has 0 aliphatic carbocycles. The Balaban J connectivity index is 0.00000341.